The fourth-order valence-corrected chi connectivity index (χ4v) is 3.10. The van der Waals surface area contributed by atoms with Crippen LogP contribution in [0.2, 0.25) is 0 Å². The lowest BCUT2D eigenvalue weighted by molar-refractivity contribution is 0.0723. The Balaban J connectivity index is 1.60. The largest absolute Gasteiger partial charge is 0.327 e. The van der Waals surface area contributed by atoms with Crippen molar-refractivity contribution in [2.75, 3.05) is 6.54 Å². The van der Waals surface area contributed by atoms with Crippen molar-refractivity contribution in [3.8, 4) is 0 Å². The zero-order valence-corrected chi connectivity index (χ0v) is 11.0. The van der Waals surface area contributed by atoms with Gasteiger partial charge in [-0.15, -0.1) is 10.2 Å². The van der Waals surface area contributed by atoms with Crippen LogP contribution >= 0.6 is 0 Å². The zero-order chi connectivity index (χ0) is 13.5. The highest BCUT2D eigenvalue weighted by Crippen LogP contribution is 2.30. The number of carbonyl (C=O) groups is 1. The Morgan fingerprint density at radius 2 is 2.30 bits per heavy atom. The first kappa shape index (κ1) is 11.6. The molecular weight excluding hydrogens is 258 g/mol. The van der Waals surface area contributed by atoms with Crippen molar-refractivity contribution in [1.82, 2.24) is 35.3 Å². The van der Waals surface area contributed by atoms with Gasteiger partial charge in [-0.1, -0.05) is 5.21 Å². The third kappa shape index (κ3) is 1.71. The van der Waals surface area contributed by atoms with E-state index in [1.807, 2.05) is 15.6 Å². The normalized spacial score (nSPS) is 21.4. The number of carbonyl (C=O) groups excluding carboxylic acids is 1. The molecule has 0 unspecified atom stereocenters. The highest BCUT2D eigenvalue weighted by molar-refractivity contribution is 5.92. The molecule has 0 aliphatic carbocycles. The lowest BCUT2D eigenvalue weighted by Crippen LogP contribution is -2.31. The average Bonchev–Trinajstić information content (AvgIpc) is 3.19. The lowest BCUT2D eigenvalue weighted by atomic mass is 10.2. The van der Waals surface area contributed by atoms with E-state index in [0.29, 0.717) is 11.5 Å². The summed E-state index contributed by atoms with van der Waals surface area (Å²) in [5.74, 6) is 0.557. The van der Waals surface area contributed by atoms with E-state index in [0.717, 1.165) is 44.5 Å². The van der Waals surface area contributed by atoms with E-state index in [1.54, 1.807) is 0 Å². The first-order chi connectivity index (χ1) is 9.83. The monoisotopic (exact) mass is 273 g/mol. The number of aryl methyl sites for hydroxylation is 2. The molecule has 1 fully saturated rings. The van der Waals surface area contributed by atoms with E-state index in [-0.39, 0.29) is 11.9 Å². The van der Waals surface area contributed by atoms with Crippen LogP contribution < -0.4 is 0 Å². The summed E-state index contributed by atoms with van der Waals surface area (Å²) in [6.07, 6.45) is 3.96. The first-order valence-electron chi connectivity index (χ1n) is 6.94. The molecule has 20 heavy (non-hydrogen) atoms. The number of rotatable bonds is 2. The Morgan fingerprint density at radius 1 is 1.35 bits per heavy atom. The maximum atomic E-state index is 12.6. The summed E-state index contributed by atoms with van der Waals surface area (Å²) in [5, 5.41) is 18.5. The Hall–Kier alpha value is -2.25. The predicted molar refractivity (Wildman–Crippen MR) is 67.7 cm³/mol. The number of likely N-dealkylation sites (tertiary alicyclic amines) is 1. The van der Waals surface area contributed by atoms with Gasteiger partial charge in [-0.3, -0.25) is 9.48 Å². The Kier molecular flexibility index (Phi) is 2.54. The van der Waals surface area contributed by atoms with Gasteiger partial charge in [0.05, 0.1) is 6.04 Å². The van der Waals surface area contributed by atoms with Gasteiger partial charge in [-0.05, 0) is 31.7 Å². The zero-order valence-electron chi connectivity index (χ0n) is 11.0. The van der Waals surface area contributed by atoms with Crippen molar-refractivity contribution in [2.45, 2.75) is 38.3 Å². The molecule has 4 rings (SSSR count). The van der Waals surface area contributed by atoms with Crippen LogP contribution in [0.5, 0.6) is 0 Å². The molecule has 2 aliphatic heterocycles. The predicted octanol–water partition coefficient (Wildman–Crippen LogP) is 0.320. The van der Waals surface area contributed by atoms with E-state index in [2.05, 4.69) is 25.7 Å². The molecule has 0 aromatic carbocycles. The summed E-state index contributed by atoms with van der Waals surface area (Å²) < 4.78 is 1.94. The minimum Gasteiger partial charge on any atom is -0.327 e. The molecule has 1 amide bonds. The number of aromatic nitrogens is 6. The number of H-pyrrole nitrogens is 1. The van der Waals surface area contributed by atoms with Gasteiger partial charge >= 0.3 is 0 Å². The van der Waals surface area contributed by atoms with Crippen molar-refractivity contribution in [3.05, 3.63) is 23.3 Å². The van der Waals surface area contributed by atoms with Crippen LogP contribution in [0.3, 0.4) is 0 Å². The van der Waals surface area contributed by atoms with Crippen LogP contribution in [0.25, 0.3) is 0 Å². The quantitative estimate of drug-likeness (QED) is 0.850. The molecule has 0 saturated carbocycles. The summed E-state index contributed by atoms with van der Waals surface area (Å²) in [7, 11) is 0. The molecule has 8 nitrogen and oxygen atoms in total. The minimum absolute atomic E-state index is 0.0285. The highest BCUT2D eigenvalue weighted by atomic mass is 16.2. The molecule has 1 saturated heterocycles. The maximum Gasteiger partial charge on any atom is 0.274 e. The lowest BCUT2D eigenvalue weighted by Gasteiger charge is -2.20. The standard InChI is InChI=1S/C12H15N7O/c20-12(9-7-8-3-1-6-19(8)15-9)18-5-2-4-10(18)11-13-16-17-14-11/h7,10H,1-6H2,(H,13,14,16,17)/t10-/m0/s1. The van der Waals surface area contributed by atoms with E-state index < -0.39 is 0 Å². The number of aromatic amines is 1. The molecule has 0 spiro atoms. The summed E-state index contributed by atoms with van der Waals surface area (Å²) in [6, 6.07) is 1.83. The second kappa shape index (κ2) is 4.39. The van der Waals surface area contributed by atoms with Gasteiger partial charge in [0, 0.05) is 18.8 Å². The van der Waals surface area contributed by atoms with Crippen molar-refractivity contribution in [2.24, 2.45) is 0 Å². The van der Waals surface area contributed by atoms with Crippen molar-refractivity contribution < 1.29 is 4.79 Å². The van der Waals surface area contributed by atoms with Gasteiger partial charge in [0.25, 0.3) is 5.91 Å². The SMILES string of the molecule is O=C(c1cc2n(n1)CCC2)N1CCC[C@H]1c1nn[nH]n1. The van der Waals surface area contributed by atoms with Gasteiger partial charge < -0.3 is 4.90 Å². The number of hydrogen-bond acceptors (Lipinski definition) is 5. The third-order valence-corrected chi connectivity index (χ3v) is 4.06. The molecule has 1 N–H and O–H groups in total. The number of amides is 1. The number of fused-ring (bicyclic) bond motifs is 1. The maximum absolute atomic E-state index is 12.6. The van der Waals surface area contributed by atoms with Crippen molar-refractivity contribution in [3.63, 3.8) is 0 Å². The van der Waals surface area contributed by atoms with Gasteiger partial charge in [0.2, 0.25) is 0 Å². The van der Waals surface area contributed by atoms with Gasteiger partial charge in [0.1, 0.15) is 0 Å². The van der Waals surface area contributed by atoms with Gasteiger partial charge in [-0.2, -0.15) is 10.3 Å². The molecular formula is C12H15N7O. The molecule has 4 heterocycles. The minimum atomic E-state index is -0.0854. The van der Waals surface area contributed by atoms with Crippen molar-refractivity contribution in [1.29, 1.82) is 0 Å². The molecule has 8 heteroatoms. The fourth-order valence-electron chi connectivity index (χ4n) is 3.10. The molecule has 1 atom stereocenters. The van der Waals surface area contributed by atoms with E-state index in [9.17, 15) is 4.79 Å². The summed E-state index contributed by atoms with van der Waals surface area (Å²) in [6.45, 7) is 1.64. The van der Waals surface area contributed by atoms with E-state index in [1.165, 1.54) is 0 Å². The second-order valence-corrected chi connectivity index (χ2v) is 5.27. The molecule has 0 bridgehead atoms. The Morgan fingerprint density at radius 3 is 3.10 bits per heavy atom. The van der Waals surface area contributed by atoms with Gasteiger partial charge in [0.15, 0.2) is 11.5 Å². The summed E-state index contributed by atoms with van der Waals surface area (Å²) in [5.41, 5.74) is 1.69. The second-order valence-electron chi connectivity index (χ2n) is 5.27. The molecule has 2 aromatic heterocycles. The highest BCUT2D eigenvalue weighted by Gasteiger charge is 2.34. The fraction of sp³-hybridized carbons (Fsp3) is 0.583. The smallest absolute Gasteiger partial charge is 0.274 e. The van der Waals surface area contributed by atoms with Crippen molar-refractivity contribution >= 4 is 5.91 Å². The topological polar surface area (TPSA) is 92.6 Å². The van der Waals surface area contributed by atoms with Crippen LogP contribution in [0.1, 0.15) is 47.3 Å². The van der Waals surface area contributed by atoms with Crippen LogP contribution in [0.15, 0.2) is 6.07 Å². The average molecular weight is 273 g/mol. The number of hydrogen-bond donors (Lipinski definition) is 1. The molecule has 104 valence electrons. The van der Waals surface area contributed by atoms with Crippen LogP contribution in [-0.4, -0.2) is 47.8 Å². The Bertz CT molecular complexity index is 611. The molecule has 0 radical (unpaired) electrons. The van der Waals surface area contributed by atoms with Crippen LogP contribution in [0.4, 0.5) is 0 Å². The number of tetrazole rings is 1. The molecule has 2 aromatic rings. The molecule has 2 aliphatic rings. The number of nitrogens with one attached hydrogen (secondary N) is 1. The Labute approximate surface area is 115 Å². The number of nitrogens with zero attached hydrogens (tertiary/aromatic N) is 6. The summed E-state index contributed by atoms with van der Waals surface area (Å²) in [4.78, 5) is 14.4. The van der Waals surface area contributed by atoms with Crippen LogP contribution in [-0.2, 0) is 13.0 Å². The third-order valence-electron chi connectivity index (χ3n) is 4.06. The summed E-state index contributed by atoms with van der Waals surface area (Å²) >= 11 is 0. The van der Waals surface area contributed by atoms with E-state index >= 15 is 0 Å². The first-order valence-corrected chi connectivity index (χ1v) is 6.94. The van der Waals surface area contributed by atoms with Crippen LogP contribution in [0, 0.1) is 0 Å². The van der Waals surface area contributed by atoms with E-state index in [4.69, 9.17) is 0 Å². The van der Waals surface area contributed by atoms with Gasteiger partial charge in [-0.25, -0.2) is 0 Å².